The monoisotopic (exact) mass is 275 g/mol. The summed E-state index contributed by atoms with van der Waals surface area (Å²) in [6.45, 7) is 3.42. The maximum Gasteiger partial charge on any atom is 0.420 e. The molecule has 7 nitrogen and oxygen atoms in total. The van der Waals surface area contributed by atoms with Crippen LogP contribution in [0, 0.1) is 10.1 Å². The van der Waals surface area contributed by atoms with Crippen molar-refractivity contribution in [3.8, 4) is 0 Å². The van der Waals surface area contributed by atoms with E-state index in [9.17, 15) is 14.9 Å². The van der Waals surface area contributed by atoms with Crippen molar-refractivity contribution in [2.45, 2.75) is 19.4 Å². The molecule has 1 aromatic carbocycles. The molecule has 0 aliphatic heterocycles. The highest BCUT2D eigenvalue weighted by Crippen LogP contribution is 2.27. The van der Waals surface area contributed by atoms with Gasteiger partial charge in [0.05, 0.1) is 4.92 Å². The van der Waals surface area contributed by atoms with Crippen molar-refractivity contribution < 1.29 is 14.5 Å². The van der Waals surface area contributed by atoms with E-state index in [1.165, 1.54) is 35.4 Å². The van der Waals surface area contributed by atoms with Crippen LogP contribution in [0.3, 0.4) is 0 Å². The van der Waals surface area contributed by atoms with Crippen molar-refractivity contribution in [3.63, 3.8) is 0 Å². The second kappa shape index (κ2) is 5.12. The zero-order chi connectivity index (χ0) is 14.8. The zero-order valence-electron chi connectivity index (χ0n) is 11.0. The molecule has 20 heavy (non-hydrogen) atoms. The number of nitro groups is 1. The molecule has 2 rings (SSSR count). The van der Waals surface area contributed by atoms with E-state index >= 15 is 0 Å². The first-order valence-electron chi connectivity index (χ1n) is 5.86. The van der Waals surface area contributed by atoms with Crippen molar-refractivity contribution in [2.75, 3.05) is 0 Å². The van der Waals surface area contributed by atoms with Crippen LogP contribution in [0.1, 0.15) is 19.4 Å². The smallest absolute Gasteiger partial charge is 0.420 e. The number of benzene rings is 1. The first kappa shape index (κ1) is 13.7. The Morgan fingerprint density at radius 2 is 2.00 bits per heavy atom. The van der Waals surface area contributed by atoms with Gasteiger partial charge in [-0.15, -0.1) is 0 Å². The number of carbonyl (C=O) groups is 1. The Labute approximate surface area is 115 Å². The molecule has 0 aliphatic carbocycles. The predicted molar refractivity (Wildman–Crippen MR) is 70.2 cm³/mol. The molecule has 0 amide bonds. The van der Waals surface area contributed by atoms with E-state index < -0.39 is 16.6 Å². The molecular weight excluding hydrogens is 262 g/mol. The van der Waals surface area contributed by atoms with E-state index in [4.69, 9.17) is 4.74 Å². The van der Waals surface area contributed by atoms with Gasteiger partial charge in [-0.1, -0.05) is 0 Å². The van der Waals surface area contributed by atoms with Crippen LogP contribution in [0.15, 0.2) is 43.0 Å². The van der Waals surface area contributed by atoms with E-state index in [2.05, 4.69) is 4.98 Å². The number of carbonyl (C=O) groups excluding carboxylic acids is 1. The first-order chi connectivity index (χ1) is 9.40. The second-order valence-corrected chi connectivity index (χ2v) is 4.65. The van der Waals surface area contributed by atoms with Crippen LogP contribution in [0.2, 0.25) is 0 Å². The lowest BCUT2D eigenvalue weighted by Crippen LogP contribution is -2.27. The van der Waals surface area contributed by atoms with Gasteiger partial charge < -0.3 is 4.74 Å². The molecule has 0 saturated heterocycles. The third-order valence-electron chi connectivity index (χ3n) is 2.83. The molecule has 0 bridgehead atoms. The second-order valence-electron chi connectivity index (χ2n) is 4.65. The number of hydrogen-bond donors (Lipinski definition) is 0. The molecule has 1 aromatic heterocycles. The van der Waals surface area contributed by atoms with Crippen LogP contribution in [-0.2, 0) is 10.3 Å². The number of ether oxygens (including phenoxy) is 1. The number of hydrogen-bond acceptors (Lipinski definition) is 5. The molecule has 0 saturated carbocycles. The topological polar surface area (TPSA) is 87.3 Å². The average Bonchev–Trinajstić information content (AvgIpc) is 2.92. The van der Waals surface area contributed by atoms with Crippen LogP contribution < -0.4 is 0 Å². The van der Waals surface area contributed by atoms with Gasteiger partial charge in [0.1, 0.15) is 11.9 Å². The van der Waals surface area contributed by atoms with Crippen LogP contribution in [-0.4, -0.2) is 20.6 Å². The van der Waals surface area contributed by atoms with Gasteiger partial charge in [-0.3, -0.25) is 10.1 Å². The van der Waals surface area contributed by atoms with Crippen LogP contribution >= 0.6 is 0 Å². The van der Waals surface area contributed by atoms with Crippen molar-refractivity contribution >= 4 is 11.8 Å². The molecule has 0 radical (unpaired) electrons. The summed E-state index contributed by atoms with van der Waals surface area (Å²) in [6.07, 6.45) is 3.73. The highest BCUT2D eigenvalue weighted by Gasteiger charge is 2.26. The lowest BCUT2D eigenvalue weighted by Gasteiger charge is -2.25. The quantitative estimate of drug-likeness (QED) is 0.634. The molecule has 0 unspecified atom stereocenters. The highest BCUT2D eigenvalue weighted by atomic mass is 16.6. The SMILES string of the molecule is CC(C)(OC(=O)n1ccnc1)c1ccc([N+](=O)[O-])cc1. The Morgan fingerprint density at radius 3 is 2.50 bits per heavy atom. The fourth-order valence-corrected chi connectivity index (χ4v) is 1.68. The fraction of sp³-hybridized carbons (Fsp3) is 0.231. The van der Waals surface area contributed by atoms with Gasteiger partial charge in [-0.05, 0) is 31.5 Å². The van der Waals surface area contributed by atoms with Gasteiger partial charge >= 0.3 is 6.09 Å². The maximum atomic E-state index is 11.9. The summed E-state index contributed by atoms with van der Waals surface area (Å²) < 4.78 is 6.60. The van der Waals surface area contributed by atoms with Gasteiger partial charge in [0, 0.05) is 24.5 Å². The Bertz CT molecular complexity index is 618. The molecule has 0 fully saturated rings. The van der Waals surface area contributed by atoms with Gasteiger partial charge in [-0.25, -0.2) is 14.3 Å². The summed E-state index contributed by atoms with van der Waals surface area (Å²) in [5.74, 6) is 0. The molecule has 0 aliphatic rings. The van der Waals surface area contributed by atoms with Crippen LogP contribution in [0.5, 0.6) is 0 Å². The normalized spacial score (nSPS) is 11.1. The van der Waals surface area contributed by atoms with E-state index in [-0.39, 0.29) is 5.69 Å². The van der Waals surface area contributed by atoms with Crippen LogP contribution in [0.25, 0.3) is 0 Å². The fourth-order valence-electron chi connectivity index (χ4n) is 1.68. The largest absolute Gasteiger partial charge is 0.438 e. The lowest BCUT2D eigenvalue weighted by molar-refractivity contribution is -0.384. The van der Waals surface area contributed by atoms with E-state index in [1.54, 1.807) is 26.0 Å². The van der Waals surface area contributed by atoms with Gasteiger partial charge in [0.15, 0.2) is 0 Å². The third-order valence-corrected chi connectivity index (χ3v) is 2.83. The summed E-state index contributed by atoms with van der Waals surface area (Å²) in [5.41, 5.74) is -0.252. The number of nitrogens with zero attached hydrogens (tertiary/aromatic N) is 3. The molecule has 2 aromatic rings. The Morgan fingerprint density at radius 1 is 1.35 bits per heavy atom. The zero-order valence-corrected chi connectivity index (χ0v) is 11.0. The van der Waals surface area contributed by atoms with Gasteiger partial charge in [-0.2, -0.15) is 0 Å². The number of non-ortho nitro benzene ring substituents is 1. The van der Waals surface area contributed by atoms with Crippen molar-refractivity contribution in [2.24, 2.45) is 0 Å². The molecule has 0 spiro atoms. The summed E-state index contributed by atoms with van der Waals surface area (Å²) in [5, 5.41) is 10.6. The predicted octanol–water partition coefficient (Wildman–Crippen LogP) is 2.71. The maximum absolute atomic E-state index is 11.9. The number of nitro benzene ring substituents is 1. The number of imidazole rings is 1. The summed E-state index contributed by atoms with van der Waals surface area (Å²) in [4.78, 5) is 25.8. The molecule has 0 N–H and O–H groups in total. The van der Waals surface area contributed by atoms with Gasteiger partial charge in [0.2, 0.25) is 0 Å². The molecule has 104 valence electrons. The van der Waals surface area contributed by atoms with E-state index in [1.807, 2.05) is 0 Å². The summed E-state index contributed by atoms with van der Waals surface area (Å²) >= 11 is 0. The lowest BCUT2D eigenvalue weighted by atomic mass is 9.98. The van der Waals surface area contributed by atoms with Crippen LogP contribution in [0.4, 0.5) is 10.5 Å². The number of aromatic nitrogens is 2. The standard InChI is InChI=1S/C13H13N3O4/c1-13(2,20-12(17)15-8-7-14-9-15)10-3-5-11(6-4-10)16(18)19/h3-9H,1-2H3. The minimum Gasteiger partial charge on any atom is -0.438 e. The minimum absolute atomic E-state index is 0.00881. The Kier molecular flexibility index (Phi) is 3.51. The molecular formula is C13H13N3O4. The van der Waals surface area contributed by atoms with E-state index in [0.29, 0.717) is 5.56 Å². The molecule has 7 heteroatoms. The van der Waals surface area contributed by atoms with Crippen molar-refractivity contribution in [1.29, 1.82) is 0 Å². The third kappa shape index (κ3) is 2.82. The average molecular weight is 275 g/mol. The first-order valence-corrected chi connectivity index (χ1v) is 5.86. The van der Waals surface area contributed by atoms with E-state index in [0.717, 1.165) is 0 Å². The molecule has 0 atom stereocenters. The molecule has 1 heterocycles. The minimum atomic E-state index is -0.906. The highest BCUT2D eigenvalue weighted by molar-refractivity contribution is 5.70. The number of rotatable bonds is 3. The summed E-state index contributed by atoms with van der Waals surface area (Å²) in [6, 6.07) is 5.89. The van der Waals surface area contributed by atoms with Gasteiger partial charge in [0.25, 0.3) is 5.69 Å². The Balaban J connectivity index is 2.17. The van der Waals surface area contributed by atoms with Crippen molar-refractivity contribution in [3.05, 3.63) is 58.7 Å². The Hall–Kier alpha value is -2.70. The summed E-state index contributed by atoms with van der Waals surface area (Å²) in [7, 11) is 0. The van der Waals surface area contributed by atoms with Crippen molar-refractivity contribution in [1.82, 2.24) is 9.55 Å².